The van der Waals surface area contributed by atoms with Crippen LogP contribution >= 0.6 is 0 Å². The van der Waals surface area contributed by atoms with Crippen molar-refractivity contribution >= 4 is 11.6 Å². The summed E-state index contributed by atoms with van der Waals surface area (Å²) in [6, 6.07) is 0. The highest BCUT2D eigenvalue weighted by Crippen LogP contribution is 2.17. The Kier molecular flexibility index (Phi) is 7.84. The van der Waals surface area contributed by atoms with Gasteiger partial charge in [-0.25, -0.2) is 0 Å². The number of hydrogen-bond donors (Lipinski definition) is 1. The van der Waals surface area contributed by atoms with Gasteiger partial charge < -0.3 is 10.2 Å². The van der Waals surface area contributed by atoms with Crippen molar-refractivity contribution in [1.29, 1.82) is 0 Å². The van der Waals surface area contributed by atoms with E-state index in [9.17, 15) is 4.79 Å². The van der Waals surface area contributed by atoms with Crippen molar-refractivity contribution in [1.82, 2.24) is 5.32 Å². The quantitative estimate of drug-likeness (QED) is 0.439. The Bertz CT molecular complexity index is 322. The summed E-state index contributed by atoms with van der Waals surface area (Å²) in [5.41, 5.74) is 1.26. The lowest BCUT2D eigenvalue weighted by molar-refractivity contribution is -0.121. The van der Waals surface area contributed by atoms with Gasteiger partial charge in [-0.3, -0.25) is 4.79 Å². The lowest BCUT2D eigenvalue weighted by atomic mass is 9.91. The standard InChI is InChI=1S/C16H32N2O2/c1-13(16(5,6)7)18-20-12-8-9-14(19)17-11-10-15(2,3)4/h8-12H2,1-7H3,(H,17,19)/b18-13+. The van der Waals surface area contributed by atoms with Gasteiger partial charge in [-0.1, -0.05) is 46.7 Å². The number of carbonyl (C=O) groups excluding carboxylic acids is 1. The Hall–Kier alpha value is -1.06. The Balaban J connectivity index is 3.68. The van der Waals surface area contributed by atoms with E-state index in [2.05, 4.69) is 52.0 Å². The minimum absolute atomic E-state index is 0.0321. The van der Waals surface area contributed by atoms with Crippen LogP contribution in [0.2, 0.25) is 0 Å². The van der Waals surface area contributed by atoms with Gasteiger partial charge in [0.1, 0.15) is 6.61 Å². The van der Waals surface area contributed by atoms with E-state index in [1.807, 2.05) is 6.92 Å². The first-order valence-electron chi connectivity index (χ1n) is 7.46. The molecule has 20 heavy (non-hydrogen) atoms. The first-order valence-corrected chi connectivity index (χ1v) is 7.46. The molecule has 0 bridgehead atoms. The molecule has 0 atom stereocenters. The minimum atomic E-state index is 0.0321. The summed E-state index contributed by atoms with van der Waals surface area (Å²) in [6.07, 6.45) is 2.18. The molecule has 0 spiro atoms. The number of rotatable bonds is 7. The Morgan fingerprint density at radius 1 is 1.15 bits per heavy atom. The summed E-state index contributed by atoms with van der Waals surface area (Å²) in [5.74, 6) is 0.0920. The molecule has 0 aromatic carbocycles. The van der Waals surface area contributed by atoms with Crippen LogP contribution in [0.3, 0.4) is 0 Å². The van der Waals surface area contributed by atoms with Crippen molar-refractivity contribution in [3.63, 3.8) is 0 Å². The third-order valence-electron chi connectivity index (χ3n) is 3.12. The molecule has 118 valence electrons. The van der Waals surface area contributed by atoms with Gasteiger partial charge in [0.2, 0.25) is 5.91 Å². The van der Waals surface area contributed by atoms with Crippen LogP contribution < -0.4 is 5.32 Å². The lowest BCUT2D eigenvalue weighted by Crippen LogP contribution is -2.27. The van der Waals surface area contributed by atoms with Gasteiger partial charge in [0.05, 0.1) is 5.71 Å². The molecular weight excluding hydrogens is 252 g/mol. The fourth-order valence-electron chi connectivity index (χ4n) is 1.24. The van der Waals surface area contributed by atoms with Crippen molar-refractivity contribution in [2.45, 2.75) is 67.7 Å². The van der Waals surface area contributed by atoms with E-state index in [0.717, 1.165) is 18.7 Å². The van der Waals surface area contributed by atoms with Crippen molar-refractivity contribution in [2.24, 2.45) is 16.0 Å². The van der Waals surface area contributed by atoms with Crippen LogP contribution in [0, 0.1) is 10.8 Å². The largest absolute Gasteiger partial charge is 0.396 e. The average molecular weight is 284 g/mol. The minimum Gasteiger partial charge on any atom is -0.396 e. The van der Waals surface area contributed by atoms with Crippen LogP contribution in [0.15, 0.2) is 5.16 Å². The first-order chi connectivity index (χ1) is 9.02. The maximum absolute atomic E-state index is 11.6. The zero-order valence-electron chi connectivity index (χ0n) is 14.3. The first kappa shape index (κ1) is 18.9. The molecule has 4 heteroatoms. The summed E-state index contributed by atoms with van der Waals surface area (Å²) in [7, 11) is 0. The molecular formula is C16H32N2O2. The van der Waals surface area contributed by atoms with Crippen LogP contribution in [0.25, 0.3) is 0 Å². The van der Waals surface area contributed by atoms with E-state index in [1.165, 1.54) is 0 Å². The molecule has 0 rings (SSSR count). The van der Waals surface area contributed by atoms with Crippen molar-refractivity contribution < 1.29 is 9.63 Å². The van der Waals surface area contributed by atoms with E-state index in [4.69, 9.17) is 4.84 Å². The van der Waals surface area contributed by atoms with Crippen LogP contribution in [0.1, 0.15) is 67.7 Å². The van der Waals surface area contributed by atoms with Gasteiger partial charge in [0.25, 0.3) is 0 Å². The molecule has 0 aromatic rings. The lowest BCUT2D eigenvalue weighted by Gasteiger charge is -2.18. The summed E-state index contributed by atoms with van der Waals surface area (Å²) in [4.78, 5) is 16.8. The topological polar surface area (TPSA) is 50.7 Å². The smallest absolute Gasteiger partial charge is 0.220 e. The van der Waals surface area contributed by atoms with Crippen LogP contribution in [-0.2, 0) is 9.63 Å². The van der Waals surface area contributed by atoms with Crippen molar-refractivity contribution in [2.75, 3.05) is 13.2 Å². The molecule has 0 heterocycles. The number of nitrogens with zero attached hydrogens (tertiary/aromatic N) is 1. The molecule has 0 fully saturated rings. The predicted molar refractivity (Wildman–Crippen MR) is 84.8 cm³/mol. The Labute approximate surface area is 124 Å². The number of oxime groups is 1. The highest BCUT2D eigenvalue weighted by molar-refractivity contribution is 5.86. The van der Waals surface area contributed by atoms with E-state index >= 15 is 0 Å². The molecule has 0 aromatic heterocycles. The second kappa shape index (κ2) is 8.28. The Morgan fingerprint density at radius 2 is 1.75 bits per heavy atom. The number of carbonyl (C=O) groups is 1. The third kappa shape index (κ3) is 10.8. The molecule has 1 N–H and O–H groups in total. The van der Waals surface area contributed by atoms with E-state index in [1.54, 1.807) is 0 Å². The van der Waals surface area contributed by atoms with Gasteiger partial charge >= 0.3 is 0 Å². The fourth-order valence-corrected chi connectivity index (χ4v) is 1.24. The third-order valence-corrected chi connectivity index (χ3v) is 3.12. The van der Waals surface area contributed by atoms with Crippen LogP contribution in [0.5, 0.6) is 0 Å². The summed E-state index contributed by atoms with van der Waals surface area (Å²) in [5, 5.41) is 7.00. The summed E-state index contributed by atoms with van der Waals surface area (Å²) in [6.45, 7) is 16.0. The van der Waals surface area contributed by atoms with Crippen molar-refractivity contribution in [3.8, 4) is 0 Å². The van der Waals surface area contributed by atoms with Gasteiger partial charge in [0, 0.05) is 18.4 Å². The fraction of sp³-hybridized carbons (Fsp3) is 0.875. The monoisotopic (exact) mass is 284 g/mol. The Morgan fingerprint density at radius 3 is 2.25 bits per heavy atom. The zero-order valence-corrected chi connectivity index (χ0v) is 14.3. The van der Waals surface area contributed by atoms with E-state index in [0.29, 0.717) is 19.4 Å². The van der Waals surface area contributed by atoms with Crippen LogP contribution in [0.4, 0.5) is 0 Å². The van der Waals surface area contributed by atoms with Crippen LogP contribution in [-0.4, -0.2) is 24.8 Å². The summed E-state index contributed by atoms with van der Waals surface area (Å²) < 4.78 is 0. The normalized spacial score (nSPS) is 13.2. The van der Waals surface area contributed by atoms with E-state index < -0.39 is 0 Å². The molecule has 0 saturated carbocycles. The number of nitrogens with one attached hydrogen (secondary N) is 1. The highest BCUT2D eigenvalue weighted by Gasteiger charge is 2.14. The number of amides is 1. The van der Waals surface area contributed by atoms with Gasteiger partial charge in [-0.05, 0) is 25.2 Å². The van der Waals surface area contributed by atoms with Gasteiger partial charge in [0.15, 0.2) is 0 Å². The second-order valence-electron chi connectivity index (χ2n) is 7.52. The van der Waals surface area contributed by atoms with E-state index in [-0.39, 0.29) is 16.7 Å². The SMILES string of the molecule is C/C(=N\OCCCC(=O)NCCC(C)(C)C)C(C)(C)C. The molecule has 4 nitrogen and oxygen atoms in total. The molecule has 0 unspecified atom stereocenters. The van der Waals surface area contributed by atoms with Crippen molar-refractivity contribution in [3.05, 3.63) is 0 Å². The second-order valence-corrected chi connectivity index (χ2v) is 7.52. The molecule has 0 saturated heterocycles. The molecule has 0 radical (unpaired) electrons. The molecule has 0 aliphatic rings. The predicted octanol–water partition coefficient (Wildman–Crippen LogP) is 3.76. The maximum Gasteiger partial charge on any atom is 0.220 e. The number of hydrogen-bond acceptors (Lipinski definition) is 3. The maximum atomic E-state index is 11.6. The molecule has 0 aliphatic carbocycles. The summed E-state index contributed by atoms with van der Waals surface area (Å²) >= 11 is 0. The molecule has 1 amide bonds. The molecule has 0 aliphatic heterocycles. The van der Waals surface area contributed by atoms with Gasteiger partial charge in [-0.2, -0.15) is 0 Å². The average Bonchev–Trinajstić information content (AvgIpc) is 2.25. The zero-order chi connectivity index (χ0) is 15.8. The van der Waals surface area contributed by atoms with Gasteiger partial charge in [-0.15, -0.1) is 0 Å². The highest BCUT2D eigenvalue weighted by atomic mass is 16.6.